The normalized spacial score (nSPS) is 25.7. The van der Waals surface area contributed by atoms with Crippen LogP contribution in [-0.4, -0.2) is 23.7 Å². The van der Waals surface area contributed by atoms with Crippen molar-refractivity contribution in [3.8, 4) is 0 Å². The van der Waals surface area contributed by atoms with E-state index >= 15 is 0 Å². The predicted molar refractivity (Wildman–Crippen MR) is 68.5 cm³/mol. The van der Waals surface area contributed by atoms with Gasteiger partial charge in [0.25, 0.3) is 5.69 Å². The van der Waals surface area contributed by atoms with Crippen LogP contribution in [0.5, 0.6) is 0 Å². The second kappa shape index (κ2) is 5.47. The third kappa shape index (κ3) is 2.66. The van der Waals surface area contributed by atoms with Gasteiger partial charge in [-0.05, 0) is 12.0 Å². The summed E-state index contributed by atoms with van der Waals surface area (Å²) in [6.45, 7) is 3.17. The Balaban J connectivity index is 2.51. The highest BCUT2D eigenvalue weighted by atomic mass is 19.4. The Labute approximate surface area is 123 Å². The van der Waals surface area contributed by atoms with Crippen molar-refractivity contribution in [3.05, 3.63) is 39.7 Å². The van der Waals surface area contributed by atoms with E-state index in [0.717, 1.165) is 12.1 Å². The van der Waals surface area contributed by atoms with Crippen LogP contribution in [0.15, 0.2) is 18.2 Å². The molecule has 0 aliphatic carbocycles. The lowest BCUT2D eigenvalue weighted by Gasteiger charge is -2.32. The Morgan fingerprint density at radius 1 is 1.45 bits per heavy atom. The van der Waals surface area contributed by atoms with Crippen LogP contribution in [0.25, 0.3) is 0 Å². The Hall–Kier alpha value is -1.74. The fourth-order valence-corrected chi connectivity index (χ4v) is 2.29. The van der Waals surface area contributed by atoms with Gasteiger partial charge in [0.1, 0.15) is 5.82 Å². The fourth-order valence-electron chi connectivity index (χ4n) is 2.29. The summed E-state index contributed by atoms with van der Waals surface area (Å²) in [5.74, 6) is -1.51. The maximum atomic E-state index is 14.0. The minimum atomic E-state index is -4.92. The molecule has 2 atom stereocenters. The summed E-state index contributed by atoms with van der Waals surface area (Å²) in [5, 5.41) is 12.9. The first kappa shape index (κ1) is 16.6. The van der Waals surface area contributed by atoms with E-state index in [1.807, 2.05) is 0 Å². The van der Waals surface area contributed by atoms with Gasteiger partial charge >= 0.3 is 6.18 Å². The second-order valence-electron chi connectivity index (χ2n) is 5.41. The quantitative estimate of drug-likeness (QED) is 0.528. The van der Waals surface area contributed by atoms with Crippen LogP contribution in [0.4, 0.5) is 23.2 Å². The van der Waals surface area contributed by atoms with Gasteiger partial charge in [0.15, 0.2) is 0 Å². The van der Waals surface area contributed by atoms with Crippen LogP contribution in [0, 0.1) is 21.8 Å². The molecule has 0 aromatic heterocycles. The first-order valence-electron chi connectivity index (χ1n) is 6.51. The van der Waals surface area contributed by atoms with Crippen LogP contribution in [0.2, 0.25) is 0 Å². The molecule has 0 radical (unpaired) electrons. The van der Waals surface area contributed by atoms with Crippen LogP contribution in [-0.2, 0) is 10.5 Å². The number of nitro benzene ring substituents is 1. The van der Waals surface area contributed by atoms with E-state index in [9.17, 15) is 27.7 Å². The first-order valence-corrected chi connectivity index (χ1v) is 6.51. The number of rotatable bonds is 3. The largest absolute Gasteiger partial charge is 0.435 e. The molecule has 1 aliphatic heterocycles. The fraction of sp³-hybridized carbons (Fsp3) is 0.538. The van der Waals surface area contributed by atoms with Gasteiger partial charge in [0, 0.05) is 17.7 Å². The molecule has 2 rings (SSSR count). The van der Waals surface area contributed by atoms with Crippen LogP contribution < -0.4 is 5.32 Å². The average Bonchev–Trinajstić information content (AvgIpc) is 2.84. The zero-order valence-corrected chi connectivity index (χ0v) is 11.8. The second-order valence-corrected chi connectivity index (χ2v) is 5.41. The Kier molecular flexibility index (Phi) is 4.14. The van der Waals surface area contributed by atoms with Crippen molar-refractivity contribution in [2.24, 2.45) is 5.92 Å². The number of hydrogen-bond donors (Lipinski definition) is 1. The number of alkyl halides is 3. The van der Waals surface area contributed by atoms with Crippen molar-refractivity contribution in [2.75, 3.05) is 6.61 Å². The number of nitro groups is 1. The molecule has 1 heterocycles. The Morgan fingerprint density at radius 3 is 2.50 bits per heavy atom. The first-order chi connectivity index (χ1) is 10.1. The summed E-state index contributed by atoms with van der Waals surface area (Å²) < 4.78 is 59.4. The summed E-state index contributed by atoms with van der Waals surface area (Å²) in [4.78, 5) is 9.69. The summed E-state index contributed by atoms with van der Waals surface area (Å²) in [5.41, 5.74) is -4.44. The van der Waals surface area contributed by atoms with Crippen molar-refractivity contribution < 1.29 is 27.2 Å². The molecule has 9 heteroatoms. The lowest BCUT2D eigenvalue weighted by Crippen LogP contribution is -2.54. The number of nitrogens with one attached hydrogen (secondary N) is 1. The van der Waals surface area contributed by atoms with E-state index in [1.54, 1.807) is 13.8 Å². The third-order valence-corrected chi connectivity index (χ3v) is 3.61. The molecule has 122 valence electrons. The molecular formula is C13H14F4N2O3. The maximum absolute atomic E-state index is 14.0. The highest BCUT2D eigenvalue weighted by molar-refractivity contribution is 5.38. The highest BCUT2D eigenvalue weighted by Gasteiger charge is 2.62. The standard InChI is InChI=1S/C13H14F4N2O3/c1-7(2)11-6-22-12(18-11,13(15,16)17)9-4-3-8(19(20)21)5-10(9)14/h3-5,7,11,18H,6H2,1-2H3. The number of non-ortho nitro benzene ring substituents is 1. The summed E-state index contributed by atoms with van der Waals surface area (Å²) >= 11 is 0. The van der Waals surface area contributed by atoms with E-state index in [-0.39, 0.29) is 12.5 Å². The number of benzene rings is 1. The number of ether oxygens (including phenoxy) is 1. The molecule has 1 aliphatic rings. The monoisotopic (exact) mass is 322 g/mol. The molecule has 2 unspecified atom stereocenters. The molecule has 1 aromatic carbocycles. The lowest BCUT2D eigenvalue weighted by atomic mass is 9.99. The topological polar surface area (TPSA) is 64.4 Å². The molecule has 1 fully saturated rings. The van der Waals surface area contributed by atoms with Crippen molar-refractivity contribution in [3.63, 3.8) is 0 Å². The van der Waals surface area contributed by atoms with E-state index < -0.39 is 39.9 Å². The minimum absolute atomic E-state index is 0.162. The molecule has 0 amide bonds. The van der Waals surface area contributed by atoms with Crippen molar-refractivity contribution in [2.45, 2.75) is 31.8 Å². The van der Waals surface area contributed by atoms with E-state index in [4.69, 9.17) is 4.74 Å². The minimum Gasteiger partial charge on any atom is -0.346 e. The molecule has 0 bridgehead atoms. The van der Waals surface area contributed by atoms with E-state index in [2.05, 4.69) is 5.32 Å². The number of nitrogens with zero attached hydrogens (tertiary/aromatic N) is 1. The van der Waals surface area contributed by atoms with Gasteiger partial charge in [-0.15, -0.1) is 0 Å². The van der Waals surface area contributed by atoms with Gasteiger partial charge < -0.3 is 4.74 Å². The Bertz CT molecular complexity index is 591. The zero-order chi connectivity index (χ0) is 16.7. The molecule has 1 aromatic rings. The molecule has 0 spiro atoms. The Morgan fingerprint density at radius 2 is 2.09 bits per heavy atom. The van der Waals surface area contributed by atoms with Crippen LogP contribution in [0.1, 0.15) is 19.4 Å². The van der Waals surface area contributed by atoms with E-state index in [1.165, 1.54) is 0 Å². The summed E-state index contributed by atoms with van der Waals surface area (Å²) in [7, 11) is 0. The smallest absolute Gasteiger partial charge is 0.346 e. The summed E-state index contributed by atoms with van der Waals surface area (Å²) in [6.07, 6.45) is -4.92. The number of hydrogen-bond acceptors (Lipinski definition) is 4. The molecule has 0 saturated carbocycles. The average molecular weight is 322 g/mol. The van der Waals surface area contributed by atoms with Crippen molar-refractivity contribution >= 4 is 5.69 Å². The van der Waals surface area contributed by atoms with Gasteiger partial charge in [-0.2, -0.15) is 13.2 Å². The summed E-state index contributed by atoms with van der Waals surface area (Å²) in [6, 6.07) is 1.39. The maximum Gasteiger partial charge on any atom is 0.435 e. The van der Waals surface area contributed by atoms with Gasteiger partial charge in [-0.25, -0.2) is 4.39 Å². The number of halogens is 4. The SMILES string of the molecule is CC(C)C1COC(c2ccc([N+](=O)[O-])cc2F)(C(F)(F)F)N1. The van der Waals surface area contributed by atoms with Gasteiger partial charge in [0.2, 0.25) is 5.72 Å². The van der Waals surface area contributed by atoms with Gasteiger partial charge in [0.05, 0.1) is 17.6 Å². The molecule has 22 heavy (non-hydrogen) atoms. The van der Waals surface area contributed by atoms with Gasteiger partial charge in [-0.3, -0.25) is 15.4 Å². The van der Waals surface area contributed by atoms with Crippen LogP contribution in [0.3, 0.4) is 0 Å². The molecule has 5 nitrogen and oxygen atoms in total. The zero-order valence-electron chi connectivity index (χ0n) is 11.8. The highest BCUT2D eigenvalue weighted by Crippen LogP contribution is 2.45. The molecular weight excluding hydrogens is 308 g/mol. The van der Waals surface area contributed by atoms with E-state index in [0.29, 0.717) is 6.07 Å². The molecule has 1 N–H and O–H groups in total. The van der Waals surface area contributed by atoms with Gasteiger partial charge in [-0.1, -0.05) is 13.8 Å². The lowest BCUT2D eigenvalue weighted by molar-refractivity contribution is -0.385. The van der Waals surface area contributed by atoms with Crippen molar-refractivity contribution in [1.82, 2.24) is 5.32 Å². The van der Waals surface area contributed by atoms with Crippen molar-refractivity contribution in [1.29, 1.82) is 0 Å². The predicted octanol–water partition coefficient (Wildman–Crippen LogP) is 3.09. The third-order valence-electron chi connectivity index (χ3n) is 3.61. The van der Waals surface area contributed by atoms with Crippen LogP contribution >= 0.6 is 0 Å². The molecule has 1 saturated heterocycles.